The van der Waals surface area contributed by atoms with Crippen LogP contribution in [0.5, 0.6) is 0 Å². The van der Waals surface area contributed by atoms with Gasteiger partial charge in [0.2, 0.25) is 10.0 Å². The highest BCUT2D eigenvalue weighted by Crippen LogP contribution is 2.29. The molecule has 7 heteroatoms. The van der Waals surface area contributed by atoms with Crippen molar-refractivity contribution in [3.63, 3.8) is 0 Å². The van der Waals surface area contributed by atoms with Crippen LogP contribution in [0.3, 0.4) is 0 Å². The first-order chi connectivity index (χ1) is 9.90. The van der Waals surface area contributed by atoms with Crippen molar-refractivity contribution in [1.82, 2.24) is 9.62 Å². The molecule has 1 aliphatic rings. The lowest BCUT2D eigenvalue weighted by atomic mass is 10.1. The zero-order valence-electron chi connectivity index (χ0n) is 12.1. The van der Waals surface area contributed by atoms with Gasteiger partial charge in [-0.1, -0.05) is 13.8 Å². The van der Waals surface area contributed by atoms with Crippen LogP contribution in [0.2, 0.25) is 0 Å². The molecule has 21 heavy (non-hydrogen) atoms. The maximum absolute atomic E-state index is 13.2. The lowest BCUT2D eigenvalue weighted by molar-refractivity contribution is 0.215. The van der Waals surface area contributed by atoms with E-state index in [4.69, 9.17) is 0 Å². The molecule has 0 spiro atoms. The summed E-state index contributed by atoms with van der Waals surface area (Å²) >= 11 is 3.16. The Morgan fingerprint density at radius 3 is 2.67 bits per heavy atom. The summed E-state index contributed by atoms with van der Waals surface area (Å²) in [6, 6.07) is 3.77. The van der Waals surface area contributed by atoms with E-state index in [0.29, 0.717) is 13.1 Å². The van der Waals surface area contributed by atoms with E-state index in [9.17, 15) is 12.8 Å². The SMILES string of the molecule is CCC1CN(S(=O)(=O)c2ccc(F)cc2Br)C(CC)CN1. The molecule has 0 bridgehead atoms. The second kappa shape index (κ2) is 6.73. The first-order valence-electron chi connectivity index (χ1n) is 7.10. The Labute approximate surface area is 133 Å². The van der Waals surface area contributed by atoms with Gasteiger partial charge in [-0.15, -0.1) is 0 Å². The topological polar surface area (TPSA) is 49.4 Å². The molecule has 1 aromatic carbocycles. The van der Waals surface area contributed by atoms with Gasteiger partial charge in [0, 0.05) is 29.6 Å². The fourth-order valence-corrected chi connectivity index (χ4v) is 5.32. The molecule has 1 saturated heterocycles. The highest BCUT2D eigenvalue weighted by molar-refractivity contribution is 9.10. The molecule has 1 aromatic rings. The van der Waals surface area contributed by atoms with Gasteiger partial charge in [0.15, 0.2) is 0 Å². The van der Waals surface area contributed by atoms with Crippen LogP contribution in [-0.2, 0) is 10.0 Å². The largest absolute Gasteiger partial charge is 0.311 e. The number of nitrogens with zero attached hydrogens (tertiary/aromatic N) is 1. The van der Waals surface area contributed by atoms with Crippen molar-refractivity contribution in [2.24, 2.45) is 0 Å². The molecule has 1 N–H and O–H groups in total. The highest BCUT2D eigenvalue weighted by atomic mass is 79.9. The van der Waals surface area contributed by atoms with Gasteiger partial charge in [-0.05, 0) is 47.0 Å². The van der Waals surface area contributed by atoms with E-state index in [1.807, 2.05) is 13.8 Å². The summed E-state index contributed by atoms with van der Waals surface area (Å²) < 4.78 is 40.8. The Morgan fingerprint density at radius 2 is 2.10 bits per heavy atom. The zero-order valence-corrected chi connectivity index (χ0v) is 14.5. The van der Waals surface area contributed by atoms with Crippen molar-refractivity contribution in [2.75, 3.05) is 13.1 Å². The summed E-state index contributed by atoms with van der Waals surface area (Å²) in [7, 11) is -3.63. The Hall–Kier alpha value is -0.500. The Morgan fingerprint density at radius 1 is 1.38 bits per heavy atom. The van der Waals surface area contributed by atoms with Crippen LogP contribution in [0.15, 0.2) is 27.6 Å². The van der Waals surface area contributed by atoms with Crippen LogP contribution in [0.4, 0.5) is 4.39 Å². The number of rotatable bonds is 4. The van der Waals surface area contributed by atoms with Gasteiger partial charge in [-0.2, -0.15) is 4.31 Å². The third-order valence-corrected chi connectivity index (χ3v) is 6.79. The Kier molecular flexibility index (Phi) is 5.40. The summed E-state index contributed by atoms with van der Waals surface area (Å²) in [6.07, 6.45) is 1.61. The van der Waals surface area contributed by atoms with E-state index in [-0.39, 0.29) is 21.5 Å². The molecular formula is C14H20BrFN2O2S. The lowest BCUT2D eigenvalue weighted by Crippen LogP contribution is -2.57. The second-order valence-corrected chi connectivity index (χ2v) is 7.94. The molecule has 0 radical (unpaired) electrons. The molecule has 4 nitrogen and oxygen atoms in total. The van der Waals surface area contributed by atoms with Crippen molar-refractivity contribution >= 4 is 26.0 Å². The molecule has 0 aromatic heterocycles. The van der Waals surface area contributed by atoms with Crippen LogP contribution in [0.25, 0.3) is 0 Å². The van der Waals surface area contributed by atoms with Crippen LogP contribution < -0.4 is 5.32 Å². The number of benzene rings is 1. The quantitative estimate of drug-likeness (QED) is 0.875. The third-order valence-electron chi connectivity index (χ3n) is 3.89. The van der Waals surface area contributed by atoms with Gasteiger partial charge in [-0.3, -0.25) is 0 Å². The van der Waals surface area contributed by atoms with Gasteiger partial charge >= 0.3 is 0 Å². The second-order valence-electron chi connectivity index (χ2n) is 5.22. The van der Waals surface area contributed by atoms with Crippen LogP contribution in [0, 0.1) is 5.82 Å². The molecule has 2 atom stereocenters. The highest BCUT2D eigenvalue weighted by Gasteiger charge is 2.36. The Balaban J connectivity index is 2.40. The van der Waals surface area contributed by atoms with E-state index >= 15 is 0 Å². The number of hydrogen-bond acceptors (Lipinski definition) is 3. The molecular weight excluding hydrogens is 359 g/mol. The number of hydrogen-bond donors (Lipinski definition) is 1. The molecule has 2 unspecified atom stereocenters. The Bertz CT molecular complexity index is 609. The van der Waals surface area contributed by atoms with Gasteiger partial charge < -0.3 is 5.32 Å². The van der Waals surface area contributed by atoms with Crippen LogP contribution >= 0.6 is 15.9 Å². The summed E-state index contributed by atoms with van der Waals surface area (Å²) in [5, 5.41) is 3.37. The minimum Gasteiger partial charge on any atom is -0.311 e. The van der Waals surface area contributed by atoms with Gasteiger partial charge in [-0.25, -0.2) is 12.8 Å². The average molecular weight is 379 g/mol. The molecule has 2 rings (SSSR count). The summed E-state index contributed by atoms with van der Waals surface area (Å²) in [5.74, 6) is -0.459. The summed E-state index contributed by atoms with van der Waals surface area (Å²) in [5.41, 5.74) is 0. The van der Waals surface area contributed by atoms with Crippen molar-refractivity contribution < 1.29 is 12.8 Å². The number of piperazine rings is 1. The fourth-order valence-electron chi connectivity index (χ4n) is 2.56. The van der Waals surface area contributed by atoms with Gasteiger partial charge in [0.25, 0.3) is 0 Å². The first kappa shape index (κ1) is 16.9. The van der Waals surface area contributed by atoms with E-state index < -0.39 is 15.8 Å². The molecule has 118 valence electrons. The maximum atomic E-state index is 13.2. The van der Waals surface area contributed by atoms with E-state index in [1.54, 1.807) is 4.31 Å². The minimum absolute atomic E-state index is 0.0743. The van der Waals surface area contributed by atoms with Crippen molar-refractivity contribution in [1.29, 1.82) is 0 Å². The van der Waals surface area contributed by atoms with Gasteiger partial charge in [0.05, 0.1) is 4.90 Å². The molecule has 1 fully saturated rings. The van der Waals surface area contributed by atoms with E-state index in [0.717, 1.165) is 12.8 Å². The maximum Gasteiger partial charge on any atom is 0.244 e. The number of halogens is 2. The molecule has 0 saturated carbocycles. The summed E-state index contributed by atoms with van der Waals surface area (Å²) in [6.45, 7) is 5.09. The number of nitrogens with one attached hydrogen (secondary N) is 1. The predicted molar refractivity (Wildman–Crippen MR) is 84.2 cm³/mol. The predicted octanol–water partition coefficient (Wildman–Crippen LogP) is 2.74. The van der Waals surface area contributed by atoms with Crippen LogP contribution in [-0.4, -0.2) is 37.9 Å². The van der Waals surface area contributed by atoms with Crippen molar-refractivity contribution in [3.05, 3.63) is 28.5 Å². The monoisotopic (exact) mass is 378 g/mol. The van der Waals surface area contributed by atoms with Gasteiger partial charge in [0.1, 0.15) is 5.82 Å². The zero-order chi connectivity index (χ0) is 15.6. The smallest absolute Gasteiger partial charge is 0.244 e. The normalized spacial score (nSPS) is 24.2. The van der Waals surface area contributed by atoms with E-state index in [2.05, 4.69) is 21.2 Å². The number of sulfonamides is 1. The lowest BCUT2D eigenvalue weighted by Gasteiger charge is -2.39. The average Bonchev–Trinajstić information content (AvgIpc) is 2.46. The third kappa shape index (κ3) is 3.47. The minimum atomic E-state index is -3.63. The van der Waals surface area contributed by atoms with Crippen molar-refractivity contribution in [2.45, 2.75) is 43.7 Å². The molecule has 0 amide bonds. The van der Waals surface area contributed by atoms with Crippen molar-refractivity contribution in [3.8, 4) is 0 Å². The molecule has 1 aliphatic heterocycles. The molecule has 0 aliphatic carbocycles. The fraction of sp³-hybridized carbons (Fsp3) is 0.571. The van der Waals surface area contributed by atoms with E-state index in [1.165, 1.54) is 18.2 Å². The first-order valence-corrected chi connectivity index (χ1v) is 9.33. The summed E-state index contributed by atoms with van der Waals surface area (Å²) in [4.78, 5) is 0.124. The molecule has 1 heterocycles. The van der Waals surface area contributed by atoms with Crippen LogP contribution in [0.1, 0.15) is 26.7 Å². The standard InChI is InChI=1S/C14H20BrFN2O2S/c1-3-11-9-18(12(4-2)8-17-11)21(19,20)14-6-5-10(16)7-13(14)15/h5-7,11-12,17H,3-4,8-9H2,1-2H3.